The first-order valence-corrected chi connectivity index (χ1v) is 20.1. The second-order valence-corrected chi connectivity index (χ2v) is 13.7. The first-order chi connectivity index (χ1) is 22.2. The van der Waals surface area contributed by atoms with E-state index in [2.05, 4.69) is 31.3 Å². The van der Waals surface area contributed by atoms with Crippen LogP contribution in [0.15, 0.2) is 24.3 Å². The number of rotatable bonds is 36. The number of aliphatic hydroxyl groups excluding tert-OH is 2. The van der Waals surface area contributed by atoms with E-state index in [1.54, 1.807) is 6.08 Å². The van der Waals surface area contributed by atoms with Crippen molar-refractivity contribution in [1.82, 2.24) is 5.32 Å². The third-order valence-electron chi connectivity index (χ3n) is 9.19. The van der Waals surface area contributed by atoms with Gasteiger partial charge in [0.2, 0.25) is 5.91 Å². The minimum Gasteiger partial charge on any atom is -0.394 e. The van der Waals surface area contributed by atoms with Crippen molar-refractivity contribution in [3.05, 3.63) is 24.3 Å². The molecule has 3 N–H and O–H groups in total. The lowest BCUT2D eigenvalue weighted by Crippen LogP contribution is -2.45. The van der Waals surface area contributed by atoms with Crippen LogP contribution in [-0.4, -0.2) is 34.9 Å². The van der Waals surface area contributed by atoms with Crippen LogP contribution in [0.25, 0.3) is 0 Å². The summed E-state index contributed by atoms with van der Waals surface area (Å²) in [6.07, 6.45) is 47.1. The summed E-state index contributed by atoms with van der Waals surface area (Å²) in [5.41, 5.74) is 0. The maximum atomic E-state index is 12.3. The molecule has 2 unspecified atom stereocenters. The average Bonchev–Trinajstić information content (AvgIpc) is 3.04. The molecule has 0 radical (unpaired) electrons. The second-order valence-electron chi connectivity index (χ2n) is 13.7. The second kappa shape index (κ2) is 37.3. The van der Waals surface area contributed by atoms with Crippen LogP contribution < -0.4 is 5.32 Å². The lowest BCUT2D eigenvalue weighted by atomic mass is 10.0. The Bertz CT molecular complexity index is 647. The van der Waals surface area contributed by atoms with Gasteiger partial charge in [0.05, 0.1) is 18.8 Å². The van der Waals surface area contributed by atoms with E-state index in [1.807, 2.05) is 6.08 Å². The highest BCUT2D eigenvalue weighted by Crippen LogP contribution is 2.15. The zero-order chi connectivity index (χ0) is 32.9. The molecule has 1 amide bonds. The van der Waals surface area contributed by atoms with Crippen molar-refractivity contribution < 1.29 is 15.0 Å². The van der Waals surface area contributed by atoms with E-state index < -0.39 is 12.1 Å². The molecule has 4 nitrogen and oxygen atoms in total. The Morgan fingerprint density at radius 1 is 0.511 bits per heavy atom. The van der Waals surface area contributed by atoms with Crippen LogP contribution in [0.1, 0.15) is 213 Å². The van der Waals surface area contributed by atoms with E-state index in [4.69, 9.17) is 0 Å². The molecule has 0 aliphatic rings. The topological polar surface area (TPSA) is 69.6 Å². The van der Waals surface area contributed by atoms with Crippen LogP contribution >= 0.6 is 0 Å². The van der Waals surface area contributed by atoms with Crippen molar-refractivity contribution in [2.24, 2.45) is 0 Å². The summed E-state index contributed by atoms with van der Waals surface area (Å²) < 4.78 is 0. The molecule has 0 rings (SSSR count). The minimum atomic E-state index is -0.856. The zero-order valence-corrected chi connectivity index (χ0v) is 30.4. The van der Waals surface area contributed by atoms with E-state index in [9.17, 15) is 15.0 Å². The van der Waals surface area contributed by atoms with Gasteiger partial charge in [0.15, 0.2) is 0 Å². The summed E-state index contributed by atoms with van der Waals surface area (Å²) in [7, 11) is 0. The Balaban J connectivity index is 3.59. The molecule has 0 saturated carbocycles. The highest BCUT2D eigenvalue weighted by molar-refractivity contribution is 5.76. The van der Waals surface area contributed by atoms with Gasteiger partial charge in [-0.2, -0.15) is 0 Å². The quantitative estimate of drug-likeness (QED) is 0.0475. The Morgan fingerprint density at radius 2 is 0.867 bits per heavy atom. The van der Waals surface area contributed by atoms with Crippen LogP contribution in [-0.2, 0) is 4.79 Å². The molecule has 0 aromatic carbocycles. The predicted molar refractivity (Wildman–Crippen MR) is 198 cm³/mol. The fourth-order valence-electron chi connectivity index (χ4n) is 6.08. The van der Waals surface area contributed by atoms with Crippen LogP contribution in [0.4, 0.5) is 0 Å². The Labute approximate surface area is 281 Å². The predicted octanol–water partition coefficient (Wildman–Crippen LogP) is 12.1. The third-order valence-corrected chi connectivity index (χ3v) is 9.19. The summed E-state index contributed by atoms with van der Waals surface area (Å²) in [6, 6.07) is -0.632. The smallest absolute Gasteiger partial charge is 0.220 e. The number of hydrogen-bond donors (Lipinski definition) is 3. The Kier molecular flexibility index (Phi) is 36.4. The summed E-state index contributed by atoms with van der Waals surface area (Å²) >= 11 is 0. The summed E-state index contributed by atoms with van der Waals surface area (Å²) in [5, 5.41) is 22.9. The van der Waals surface area contributed by atoms with Gasteiger partial charge in [0.25, 0.3) is 0 Å². The molecule has 0 aromatic rings. The van der Waals surface area contributed by atoms with Crippen molar-refractivity contribution in [3.8, 4) is 0 Å². The summed E-state index contributed by atoms with van der Waals surface area (Å²) in [4.78, 5) is 12.3. The molecule has 266 valence electrons. The van der Waals surface area contributed by atoms with Gasteiger partial charge in [-0.05, 0) is 32.1 Å². The van der Waals surface area contributed by atoms with Gasteiger partial charge in [0, 0.05) is 6.42 Å². The van der Waals surface area contributed by atoms with Crippen molar-refractivity contribution in [1.29, 1.82) is 0 Å². The third kappa shape index (κ3) is 34.0. The molecule has 45 heavy (non-hydrogen) atoms. The van der Waals surface area contributed by atoms with Gasteiger partial charge in [0.1, 0.15) is 0 Å². The number of nitrogens with one attached hydrogen (secondary N) is 1. The first-order valence-electron chi connectivity index (χ1n) is 20.1. The number of unbranched alkanes of at least 4 members (excludes halogenated alkanes) is 27. The zero-order valence-electron chi connectivity index (χ0n) is 30.4. The molecule has 0 saturated heterocycles. The van der Waals surface area contributed by atoms with E-state index in [1.165, 1.54) is 161 Å². The van der Waals surface area contributed by atoms with Gasteiger partial charge in [-0.1, -0.05) is 199 Å². The van der Waals surface area contributed by atoms with Crippen molar-refractivity contribution in [2.45, 2.75) is 225 Å². The monoisotopic (exact) mass is 634 g/mol. The van der Waals surface area contributed by atoms with Crippen LogP contribution in [0, 0.1) is 0 Å². The molecule has 2 atom stereocenters. The fourth-order valence-corrected chi connectivity index (χ4v) is 6.08. The Morgan fingerprint density at radius 3 is 1.29 bits per heavy atom. The van der Waals surface area contributed by atoms with Gasteiger partial charge in [-0.3, -0.25) is 4.79 Å². The summed E-state index contributed by atoms with van der Waals surface area (Å²) in [6.45, 7) is 4.29. The molecule has 4 heteroatoms. The maximum absolute atomic E-state index is 12.3. The Hall–Kier alpha value is -1.13. The normalized spacial score (nSPS) is 13.2. The standard InChI is InChI=1S/C41H79NO3/c1-3-5-7-9-11-13-15-16-17-18-19-20-21-22-23-24-25-27-28-30-32-34-36-40(44)39(38-43)42-41(45)37-35-33-31-29-26-14-12-10-8-6-4-2/h27-28,34,36,39-40,43-44H,3-26,29-33,35,37-38H2,1-2H3,(H,42,45)/b28-27+,36-34+. The van der Waals surface area contributed by atoms with Crippen molar-refractivity contribution >= 4 is 5.91 Å². The number of allylic oxidation sites excluding steroid dienone is 3. The first kappa shape index (κ1) is 43.9. The van der Waals surface area contributed by atoms with E-state index in [0.29, 0.717) is 6.42 Å². The number of hydrogen-bond acceptors (Lipinski definition) is 3. The van der Waals surface area contributed by atoms with E-state index in [-0.39, 0.29) is 12.5 Å². The maximum Gasteiger partial charge on any atom is 0.220 e. The molecule has 0 spiro atoms. The fraction of sp³-hybridized carbons (Fsp3) is 0.878. The summed E-state index contributed by atoms with van der Waals surface area (Å²) in [5.74, 6) is -0.0746. The lowest BCUT2D eigenvalue weighted by Gasteiger charge is -2.19. The average molecular weight is 634 g/mol. The number of aliphatic hydroxyl groups is 2. The minimum absolute atomic E-state index is 0.0746. The number of carbonyl (C=O) groups is 1. The highest BCUT2D eigenvalue weighted by atomic mass is 16.3. The highest BCUT2D eigenvalue weighted by Gasteiger charge is 2.17. The van der Waals surface area contributed by atoms with Crippen molar-refractivity contribution in [3.63, 3.8) is 0 Å². The lowest BCUT2D eigenvalue weighted by molar-refractivity contribution is -0.123. The number of amides is 1. The molecular formula is C41H79NO3. The van der Waals surface area contributed by atoms with Crippen LogP contribution in [0.3, 0.4) is 0 Å². The van der Waals surface area contributed by atoms with Gasteiger partial charge >= 0.3 is 0 Å². The van der Waals surface area contributed by atoms with Gasteiger partial charge in [-0.25, -0.2) is 0 Å². The molecule has 0 aliphatic carbocycles. The molecule has 0 aromatic heterocycles. The molecule has 0 heterocycles. The van der Waals surface area contributed by atoms with Gasteiger partial charge < -0.3 is 15.5 Å². The van der Waals surface area contributed by atoms with Crippen LogP contribution in [0.2, 0.25) is 0 Å². The molecule has 0 aliphatic heterocycles. The van der Waals surface area contributed by atoms with Crippen LogP contribution in [0.5, 0.6) is 0 Å². The number of carbonyl (C=O) groups excluding carboxylic acids is 1. The van der Waals surface area contributed by atoms with E-state index >= 15 is 0 Å². The molecule has 0 fully saturated rings. The molecular weight excluding hydrogens is 554 g/mol. The van der Waals surface area contributed by atoms with Gasteiger partial charge in [-0.15, -0.1) is 0 Å². The largest absolute Gasteiger partial charge is 0.394 e. The van der Waals surface area contributed by atoms with Crippen molar-refractivity contribution in [2.75, 3.05) is 6.61 Å². The molecule has 0 bridgehead atoms. The SMILES string of the molecule is CCCCCCCCCCCCCCCCCC/C=C/CC/C=C/C(O)C(CO)NC(=O)CCCCCCCCCCCCC. The van der Waals surface area contributed by atoms with E-state index in [0.717, 1.165) is 32.1 Å².